The average molecular weight is 184 g/mol. The predicted molar refractivity (Wildman–Crippen MR) is 41.1 cm³/mol. The number of urea groups is 1. The standard InChI is InChI=1S/C3H8N2O3S2/c1-9-4(7)3(6)5(8)10-2/h4-5H,1-2H3. The lowest BCUT2D eigenvalue weighted by Crippen LogP contribution is -3.24. The second-order valence-corrected chi connectivity index (χ2v) is 2.87. The van der Waals surface area contributed by atoms with E-state index in [0.29, 0.717) is 0 Å². The van der Waals surface area contributed by atoms with E-state index in [4.69, 9.17) is 0 Å². The van der Waals surface area contributed by atoms with Gasteiger partial charge in [-0.05, 0) is 0 Å². The quantitative estimate of drug-likeness (QED) is 0.400. The van der Waals surface area contributed by atoms with Gasteiger partial charge < -0.3 is 10.4 Å². The number of amides is 2. The fourth-order valence-corrected chi connectivity index (χ4v) is 0.890. The first-order chi connectivity index (χ1) is 4.63. The van der Waals surface area contributed by atoms with E-state index < -0.39 is 15.0 Å². The molecule has 7 heteroatoms. The van der Waals surface area contributed by atoms with Crippen molar-refractivity contribution in [3.8, 4) is 0 Å². The Morgan fingerprint density at radius 3 is 1.70 bits per heavy atom. The molecule has 0 bridgehead atoms. The highest BCUT2D eigenvalue weighted by Crippen LogP contribution is 1.72. The summed E-state index contributed by atoms with van der Waals surface area (Å²) in [5.41, 5.74) is 0. The second kappa shape index (κ2) is 4.94. The molecular weight excluding hydrogens is 176 g/mol. The number of hydrogen-bond acceptors (Lipinski definition) is 5. The largest absolute Gasteiger partial charge is 0.609 e. The lowest BCUT2D eigenvalue weighted by Gasteiger charge is -2.18. The predicted octanol–water partition coefficient (Wildman–Crippen LogP) is -1.57. The van der Waals surface area contributed by atoms with E-state index in [1.807, 2.05) is 0 Å². The van der Waals surface area contributed by atoms with Crippen LogP contribution in [-0.4, -0.2) is 18.5 Å². The number of quaternary nitrogens is 2. The minimum absolute atomic E-state index is 0.695. The minimum atomic E-state index is -0.931. The molecular formula is C3H8N2O3S2. The third-order valence-corrected chi connectivity index (χ3v) is 1.85. The van der Waals surface area contributed by atoms with E-state index in [2.05, 4.69) is 0 Å². The monoisotopic (exact) mass is 184 g/mol. The van der Waals surface area contributed by atoms with E-state index >= 15 is 0 Å². The SMILES string of the molecule is CS[NH+]([O-])C(=O)[NH+]([O-])SC. The summed E-state index contributed by atoms with van der Waals surface area (Å²) in [6.45, 7) is 0. The van der Waals surface area contributed by atoms with Gasteiger partial charge >= 0.3 is 6.03 Å². The molecule has 0 fully saturated rings. The van der Waals surface area contributed by atoms with Crippen LogP contribution in [0, 0.1) is 10.4 Å². The van der Waals surface area contributed by atoms with Crippen molar-refractivity contribution in [3.63, 3.8) is 0 Å². The number of carbonyl (C=O) groups excluding carboxylic acids is 1. The molecule has 10 heavy (non-hydrogen) atoms. The molecule has 0 saturated heterocycles. The summed E-state index contributed by atoms with van der Waals surface area (Å²) >= 11 is 1.51. The molecule has 0 aromatic carbocycles. The molecule has 2 N–H and O–H groups in total. The topological polar surface area (TPSA) is 72.1 Å². The van der Waals surface area contributed by atoms with Crippen molar-refractivity contribution in [1.82, 2.24) is 0 Å². The molecule has 0 heterocycles. The van der Waals surface area contributed by atoms with E-state index in [1.54, 1.807) is 0 Å². The molecule has 0 saturated carbocycles. The van der Waals surface area contributed by atoms with E-state index in [1.165, 1.54) is 12.5 Å². The fourth-order valence-electron chi connectivity index (χ4n) is 0.269. The van der Waals surface area contributed by atoms with Gasteiger partial charge in [0.05, 0.1) is 23.9 Å². The van der Waals surface area contributed by atoms with Crippen molar-refractivity contribution < 1.29 is 13.7 Å². The van der Waals surface area contributed by atoms with Crippen molar-refractivity contribution in [2.24, 2.45) is 0 Å². The Morgan fingerprint density at radius 2 is 1.50 bits per heavy atom. The highest BCUT2D eigenvalue weighted by Gasteiger charge is 2.18. The van der Waals surface area contributed by atoms with Gasteiger partial charge in [0.2, 0.25) is 0 Å². The van der Waals surface area contributed by atoms with Crippen LogP contribution in [0.3, 0.4) is 0 Å². The third kappa shape index (κ3) is 2.86. The van der Waals surface area contributed by atoms with Crippen molar-refractivity contribution in [2.45, 2.75) is 0 Å². The summed E-state index contributed by atoms with van der Waals surface area (Å²) in [6.07, 6.45) is 2.93. The molecule has 2 unspecified atom stereocenters. The average Bonchev–Trinajstić information content (AvgIpc) is 2.00. The maximum Gasteiger partial charge on any atom is 0.534 e. The van der Waals surface area contributed by atoms with Crippen LogP contribution in [0.2, 0.25) is 0 Å². The van der Waals surface area contributed by atoms with Gasteiger partial charge in [-0.15, -0.1) is 0 Å². The summed E-state index contributed by atoms with van der Waals surface area (Å²) in [5.74, 6) is 0. The Morgan fingerprint density at radius 1 is 1.20 bits per heavy atom. The third-order valence-electron chi connectivity index (χ3n) is 0.742. The molecule has 0 radical (unpaired) electrons. The zero-order valence-electron chi connectivity index (χ0n) is 5.54. The minimum Gasteiger partial charge on any atom is -0.609 e. The van der Waals surface area contributed by atoms with Gasteiger partial charge in [0, 0.05) is 12.5 Å². The van der Waals surface area contributed by atoms with Crippen LogP contribution >= 0.6 is 23.9 Å². The number of hydrogen-bond donors (Lipinski definition) is 2. The van der Waals surface area contributed by atoms with Crippen LogP contribution in [0.1, 0.15) is 0 Å². The van der Waals surface area contributed by atoms with Gasteiger partial charge in [-0.2, -0.15) is 13.7 Å². The summed E-state index contributed by atoms with van der Waals surface area (Å²) in [5, 5.41) is 21.0. The molecule has 0 rings (SSSR count). The number of carbonyl (C=O) groups is 1. The van der Waals surface area contributed by atoms with Crippen LogP contribution in [0.15, 0.2) is 0 Å². The summed E-state index contributed by atoms with van der Waals surface area (Å²) in [4.78, 5) is 10.6. The van der Waals surface area contributed by atoms with Crippen LogP contribution in [-0.2, 0) is 0 Å². The lowest BCUT2D eigenvalue weighted by atomic mass is 11.1. The Hall–Kier alpha value is 0.210. The Balaban J connectivity index is 3.82. The molecule has 60 valence electrons. The Kier molecular flexibility index (Phi) is 5.04. The van der Waals surface area contributed by atoms with Gasteiger partial charge in [0.25, 0.3) is 0 Å². The number of rotatable bonds is 2. The zero-order chi connectivity index (χ0) is 8.15. The van der Waals surface area contributed by atoms with Crippen molar-refractivity contribution in [3.05, 3.63) is 10.4 Å². The molecule has 0 aliphatic rings. The normalized spacial score (nSPS) is 16.4. The second-order valence-electron chi connectivity index (χ2n) is 1.31. The molecule has 2 atom stereocenters. The lowest BCUT2D eigenvalue weighted by molar-refractivity contribution is -0.743. The Labute approximate surface area is 67.2 Å². The van der Waals surface area contributed by atoms with Gasteiger partial charge in [-0.3, -0.25) is 0 Å². The Bertz CT molecular complexity index is 110. The molecule has 0 aromatic heterocycles. The van der Waals surface area contributed by atoms with Crippen LogP contribution in [0.4, 0.5) is 4.79 Å². The van der Waals surface area contributed by atoms with E-state index in [0.717, 1.165) is 23.9 Å². The summed E-state index contributed by atoms with van der Waals surface area (Å²) in [7, 11) is 0. The van der Waals surface area contributed by atoms with Gasteiger partial charge in [-0.1, -0.05) is 0 Å². The van der Waals surface area contributed by atoms with E-state index in [9.17, 15) is 15.2 Å². The van der Waals surface area contributed by atoms with Crippen LogP contribution < -0.4 is 8.94 Å². The van der Waals surface area contributed by atoms with Crippen LogP contribution in [0.5, 0.6) is 0 Å². The highest BCUT2D eigenvalue weighted by atomic mass is 32.2. The maximum absolute atomic E-state index is 10.6. The first-order valence-electron chi connectivity index (χ1n) is 2.34. The summed E-state index contributed by atoms with van der Waals surface area (Å²) in [6, 6.07) is -0.931. The molecule has 2 amide bonds. The maximum atomic E-state index is 10.6. The van der Waals surface area contributed by atoms with Gasteiger partial charge in [-0.25, -0.2) is 0 Å². The molecule has 0 aliphatic heterocycles. The first kappa shape index (κ1) is 10.2. The van der Waals surface area contributed by atoms with Gasteiger partial charge in [0.1, 0.15) is 0 Å². The number of hydroxylamine groups is 2. The van der Waals surface area contributed by atoms with Crippen molar-refractivity contribution in [2.75, 3.05) is 12.5 Å². The zero-order valence-corrected chi connectivity index (χ0v) is 7.17. The molecule has 0 aromatic rings. The number of nitrogens with one attached hydrogen (secondary N) is 2. The van der Waals surface area contributed by atoms with Crippen LogP contribution in [0.25, 0.3) is 0 Å². The van der Waals surface area contributed by atoms with E-state index in [-0.39, 0.29) is 0 Å². The smallest absolute Gasteiger partial charge is 0.534 e. The molecule has 0 spiro atoms. The first-order valence-corrected chi connectivity index (χ1v) is 4.79. The van der Waals surface area contributed by atoms with Crippen molar-refractivity contribution in [1.29, 1.82) is 0 Å². The molecule has 5 nitrogen and oxygen atoms in total. The highest BCUT2D eigenvalue weighted by molar-refractivity contribution is 7.93. The fraction of sp³-hybridized carbons (Fsp3) is 0.667. The van der Waals surface area contributed by atoms with Gasteiger partial charge in [0.15, 0.2) is 0 Å². The summed E-state index contributed by atoms with van der Waals surface area (Å²) < 4.78 is -1.39. The van der Waals surface area contributed by atoms with Crippen molar-refractivity contribution >= 4 is 29.9 Å². The molecule has 0 aliphatic carbocycles.